The Balaban J connectivity index is 0.00000121. The number of halogens is 1. The second-order valence-electron chi connectivity index (χ2n) is 2.22. The van der Waals surface area contributed by atoms with Gasteiger partial charge in [0.1, 0.15) is 6.23 Å². The van der Waals surface area contributed by atoms with Crippen LogP contribution in [0, 0.1) is 5.21 Å². The van der Waals surface area contributed by atoms with Crippen LogP contribution >= 0.6 is 12.4 Å². The van der Waals surface area contributed by atoms with Crippen molar-refractivity contribution in [2.24, 2.45) is 5.73 Å². The van der Waals surface area contributed by atoms with Crippen LogP contribution in [0.1, 0.15) is 6.92 Å². The molecule has 0 spiro atoms. The normalized spacial score (nSPS) is 11.5. The van der Waals surface area contributed by atoms with Crippen LogP contribution in [-0.4, -0.2) is 6.23 Å². The van der Waals surface area contributed by atoms with E-state index in [0.29, 0.717) is 10.5 Å². The average molecular weight is 191 g/mol. The summed E-state index contributed by atoms with van der Waals surface area (Å²) in [5, 5.41) is 10.7. The van der Waals surface area contributed by atoms with E-state index in [2.05, 4.69) is 0 Å². The molecule has 0 aliphatic carbocycles. The quantitative estimate of drug-likeness (QED) is 0.418. The fourth-order valence-electron chi connectivity index (χ4n) is 0.719. The largest absolute Gasteiger partial charge is 0.619 e. The summed E-state index contributed by atoms with van der Waals surface area (Å²) in [4.78, 5) is 0. The highest BCUT2D eigenvalue weighted by Crippen LogP contribution is 2.05. The van der Waals surface area contributed by atoms with Gasteiger partial charge in [-0.2, -0.15) is 4.73 Å². The van der Waals surface area contributed by atoms with Gasteiger partial charge in [0.25, 0.3) is 0 Å². The average Bonchev–Trinajstić information content (AvgIpc) is 1.85. The zero-order chi connectivity index (χ0) is 8.27. The molecule has 0 amide bonds. The van der Waals surface area contributed by atoms with Crippen molar-refractivity contribution < 1.29 is 9.47 Å². The molecular formula is C7H11ClN2O2. The molecule has 1 heterocycles. The third-order valence-electron chi connectivity index (χ3n) is 1.07. The van der Waals surface area contributed by atoms with Gasteiger partial charge in [-0.05, 0) is 13.0 Å². The molecule has 1 rings (SSSR count). The van der Waals surface area contributed by atoms with Crippen LogP contribution in [0.25, 0.3) is 0 Å². The molecule has 0 radical (unpaired) electrons. The Morgan fingerprint density at radius 2 is 2.33 bits per heavy atom. The van der Waals surface area contributed by atoms with Gasteiger partial charge >= 0.3 is 0 Å². The van der Waals surface area contributed by atoms with E-state index in [1.165, 1.54) is 12.4 Å². The van der Waals surface area contributed by atoms with Crippen molar-refractivity contribution in [3.63, 3.8) is 0 Å². The molecule has 0 aliphatic rings. The van der Waals surface area contributed by atoms with E-state index >= 15 is 0 Å². The molecule has 12 heavy (non-hydrogen) atoms. The van der Waals surface area contributed by atoms with Gasteiger partial charge in [-0.25, -0.2) is 0 Å². The second-order valence-corrected chi connectivity index (χ2v) is 2.22. The van der Waals surface area contributed by atoms with Crippen molar-refractivity contribution in [2.45, 2.75) is 13.2 Å². The molecule has 1 aromatic heterocycles. The minimum absolute atomic E-state index is 0. The number of ether oxygens (including phenoxy) is 1. The van der Waals surface area contributed by atoms with Gasteiger partial charge in [0.05, 0.1) is 0 Å². The van der Waals surface area contributed by atoms with E-state index in [1.54, 1.807) is 19.1 Å². The van der Waals surface area contributed by atoms with Gasteiger partial charge in [0.15, 0.2) is 11.9 Å². The standard InChI is InChI=1S/C7H10N2O2.ClH/c1-6(8)11-7-3-2-4-9(10)5-7;/h2-6H,8H2,1H3;1H. The number of hydrogen-bond donors (Lipinski definition) is 1. The van der Waals surface area contributed by atoms with Crippen LogP contribution < -0.4 is 15.2 Å². The maximum absolute atomic E-state index is 10.7. The number of hydrogen-bond acceptors (Lipinski definition) is 3. The van der Waals surface area contributed by atoms with Crippen LogP contribution in [0.3, 0.4) is 0 Å². The molecule has 2 N–H and O–H groups in total. The third kappa shape index (κ3) is 3.41. The predicted molar refractivity (Wildman–Crippen MR) is 46.9 cm³/mol. The molecule has 68 valence electrons. The fraction of sp³-hybridized carbons (Fsp3) is 0.286. The Labute approximate surface area is 76.9 Å². The lowest BCUT2D eigenvalue weighted by Gasteiger charge is -2.07. The Kier molecular flexibility index (Phi) is 4.39. The van der Waals surface area contributed by atoms with E-state index in [1.807, 2.05) is 0 Å². The minimum Gasteiger partial charge on any atom is -0.619 e. The Hall–Kier alpha value is -1.00. The van der Waals surface area contributed by atoms with Gasteiger partial charge in [0, 0.05) is 6.07 Å². The highest BCUT2D eigenvalue weighted by Gasteiger charge is 1.99. The summed E-state index contributed by atoms with van der Waals surface area (Å²) in [5.74, 6) is 0.484. The topological polar surface area (TPSA) is 62.2 Å². The fourth-order valence-corrected chi connectivity index (χ4v) is 0.719. The molecule has 0 saturated carbocycles. The van der Waals surface area contributed by atoms with Gasteiger partial charge in [0.2, 0.25) is 6.20 Å². The number of aromatic nitrogens is 1. The second kappa shape index (κ2) is 4.79. The van der Waals surface area contributed by atoms with Crippen LogP contribution in [0.4, 0.5) is 0 Å². The summed E-state index contributed by atoms with van der Waals surface area (Å²) in [7, 11) is 0. The van der Waals surface area contributed by atoms with Crippen LogP contribution in [0.5, 0.6) is 5.75 Å². The zero-order valence-corrected chi connectivity index (χ0v) is 7.45. The summed E-state index contributed by atoms with van der Waals surface area (Å²) in [6.45, 7) is 1.70. The first-order valence-corrected chi connectivity index (χ1v) is 3.29. The summed E-state index contributed by atoms with van der Waals surface area (Å²) < 4.78 is 5.72. The molecule has 0 fully saturated rings. The molecule has 0 aromatic carbocycles. The first-order chi connectivity index (χ1) is 5.18. The molecule has 4 nitrogen and oxygen atoms in total. The molecule has 5 heteroatoms. The minimum atomic E-state index is -0.391. The van der Waals surface area contributed by atoms with E-state index in [9.17, 15) is 5.21 Å². The zero-order valence-electron chi connectivity index (χ0n) is 6.64. The molecule has 1 atom stereocenters. The lowest BCUT2D eigenvalue weighted by Crippen LogP contribution is -2.27. The van der Waals surface area contributed by atoms with Crippen LogP contribution in [0.2, 0.25) is 0 Å². The number of nitrogens with zero attached hydrogens (tertiary/aromatic N) is 1. The van der Waals surface area contributed by atoms with Crippen molar-refractivity contribution in [1.29, 1.82) is 0 Å². The summed E-state index contributed by atoms with van der Waals surface area (Å²) in [6, 6.07) is 3.28. The molecule has 0 aliphatic heterocycles. The van der Waals surface area contributed by atoms with Gasteiger partial charge < -0.3 is 9.94 Å². The van der Waals surface area contributed by atoms with Gasteiger partial charge in [-0.15, -0.1) is 12.4 Å². The van der Waals surface area contributed by atoms with Crippen LogP contribution in [0.15, 0.2) is 24.5 Å². The molecule has 0 saturated heterocycles. The van der Waals surface area contributed by atoms with Crippen molar-refractivity contribution in [3.8, 4) is 5.75 Å². The molecular weight excluding hydrogens is 180 g/mol. The first kappa shape index (κ1) is 11.0. The Bertz CT molecular complexity index is 243. The SMILES string of the molecule is CC(N)Oc1ccc[n+]([O-])c1.Cl. The maximum Gasteiger partial charge on any atom is 0.222 e. The smallest absolute Gasteiger partial charge is 0.222 e. The van der Waals surface area contributed by atoms with Crippen molar-refractivity contribution in [3.05, 3.63) is 29.7 Å². The lowest BCUT2D eigenvalue weighted by molar-refractivity contribution is -0.605. The Morgan fingerprint density at radius 1 is 1.67 bits per heavy atom. The first-order valence-electron chi connectivity index (χ1n) is 3.29. The molecule has 1 aromatic rings. The highest BCUT2D eigenvalue weighted by atomic mass is 35.5. The summed E-state index contributed by atoms with van der Waals surface area (Å²) in [5.41, 5.74) is 5.34. The maximum atomic E-state index is 10.7. The van der Waals surface area contributed by atoms with Gasteiger partial charge in [-0.3, -0.25) is 5.73 Å². The number of pyridine rings is 1. The lowest BCUT2D eigenvalue weighted by atomic mass is 10.4. The molecule has 0 bridgehead atoms. The van der Waals surface area contributed by atoms with Crippen molar-refractivity contribution in [2.75, 3.05) is 0 Å². The van der Waals surface area contributed by atoms with E-state index < -0.39 is 6.23 Å². The monoisotopic (exact) mass is 190 g/mol. The van der Waals surface area contributed by atoms with E-state index in [0.717, 1.165) is 0 Å². The van der Waals surface area contributed by atoms with Gasteiger partial charge in [-0.1, -0.05) is 0 Å². The highest BCUT2D eigenvalue weighted by molar-refractivity contribution is 5.85. The number of rotatable bonds is 2. The van der Waals surface area contributed by atoms with Crippen LogP contribution in [-0.2, 0) is 0 Å². The third-order valence-corrected chi connectivity index (χ3v) is 1.07. The van der Waals surface area contributed by atoms with Crippen molar-refractivity contribution >= 4 is 12.4 Å². The van der Waals surface area contributed by atoms with E-state index in [-0.39, 0.29) is 12.4 Å². The Morgan fingerprint density at radius 3 is 2.83 bits per heavy atom. The molecule has 1 unspecified atom stereocenters. The van der Waals surface area contributed by atoms with Crippen molar-refractivity contribution in [1.82, 2.24) is 0 Å². The van der Waals surface area contributed by atoms with E-state index in [4.69, 9.17) is 10.5 Å². The summed E-state index contributed by atoms with van der Waals surface area (Å²) >= 11 is 0. The predicted octanol–water partition coefficient (Wildman–Crippen LogP) is 0.425. The summed E-state index contributed by atoms with van der Waals surface area (Å²) in [6.07, 6.45) is 2.31. The number of nitrogens with two attached hydrogens (primary N) is 1.